The molecule has 7 heteroatoms. The van der Waals surface area contributed by atoms with Crippen molar-refractivity contribution in [1.82, 2.24) is 14.5 Å². The smallest absolute Gasteiger partial charge is 0.409 e. The Balaban J connectivity index is 2.31. The van der Waals surface area contributed by atoms with Crippen molar-refractivity contribution < 1.29 is 9.90 Å². The Labute approximate surface area is 124 Å². The second-order valence-corrected chi connectivity index (χ2v) is 4.67. The van der Waals surface area contributed by atoms with E-state index in [1.807, 2.05) is 0 Å². The van der Waals surface area contributed by atoms with Gasteiger partial charge in [0.1, 0.15) is 5.82 Å². The van der Waals surface area contributed by atoms with Crippen LogP contribution in [-0.2, 0) is 7.05 Å². The van der Waals surface area contributed by atoms with E-state index in [4.69, 9.17) is 5.11 Å². The van der Waals surface area contributed by atoms with Crippen molar-refractivity contribution in [1.29, 1.82) is 0 Å². The number of nitrogens with one attached hydrogen (secondary N) is 1. The Morgan fingerprint density at radius 3 is 2.77 bits per heavy atom. The average Bonchev–Trinajstić information content (AvgIpc) is 2.51. The molecule has 110 valence electrons. The Hall–Kier alpha value is -3.22. The van der Waals surface area contributed by atoms with Gasteiger partial charge in [-0.05, 0) is 24.3 Å². The molecule has 0 spiro atoms. The molecule has 0 unspecified atom stereocenters. The van der Waals surface area contributed by atoms with Crippen LogP contribution >= 0.6 is 0 Å². The predicted molar refractivity (Wildman–Crippen MR) is 81.9 cm³/mol. The highest BCUT2D eigenvalue weighted by Crippen LogP contribution is 2.22. The van der Waals surface area contributed by atoms with E-state index in [0.29, 0.717) is 16.9 Å². The molecule has 0 saturated carbocycles. The van der Waals surface area contributed by atoms with Crippen LogP contribution in [0.25, 0.3) is 22.3 Å². The van der Waals surface area contributed by atoms with Gasteiger partial charge in [-0.25, -0.2) is 9.78 Å². The molecule has 0 bridgehead atoms. The van der Waals surface area contributed by atoms with Crippen molar-refractivity contribution in [2.75, 3.05) is 5.32 Å². The van der Waals surface area contributed by atoms with E-state index in [2.05, 4.69) is 15.3 Å². The Morgan fingerprint density at radius 2 is 2.09 bits per heavy atom. The molecule has 0 aliphatic rings. The molecule has 2 aromatic heterocycles. The van der Waals surface area contributed by atoms with Crippen LogP contribution < -0.4 is 10.9 Å². The van der Waals surface area contributed by atoms with Crippen molar-refractivity contribution in [3.8, 4) is 11.4 Å². The van der Waals surface area contributed by atoms with Crippen LogP contribution in [0, 0.1) is 0 Å². The molecule has 1 amide bonds. The van der Waals surface area contributed by atoms with Gasteiger partial charge in [0.05, 0.1) is 16.6 Å². The number of hydrogen-bond acceptors (Lipinski definition) is 4. The maximum atomic E-state index is 12.6. The number of rotatable bonds is 2. The van der Waals surface area contributed by atoms with E-state index in [1.54, 1.807) is 43.7 Å². The number of amides is 1. The summed E-state index contributed by atoms with van der Waals surface area (Å²) in [7, 11) is 1.59. The molecule has 22 heavy (non-hydrogen) atoms. The van der Waals surface area contributed by atoms with Crippen LogP contribution in [-0.4, -0.2) is 25.7 Å². The molecule has 0 aliphatic heterocycles. The number of carbonyl (C=O) groups is 1. The van der Waals surface area contributed by atoms with Gasteiger partial charge in [0.15, 0.2) is 0 Å². The minimum atomic E-state index is -1.23. The van der Waals surface area contributed by atoms with E-state index < -0.39 is 6.09 Å². The zero-order valence-electron chi connectivity index (χ0n) is 11.6. The highest BCUT2D eigenvalue weighted by molar-refractivity contribution is 5.98. The van der Waals surface area contributed by atoms with Gasteiger partial charge in [-0.3, -0.25) is 19.7 Å². The van der Waals surface area contributed by atoms with Gasteiger partial charge < -0.3 is 5.11 Å². The second kappa shape index (κ2) is 5.28. The molecular weight excluding hydrogens is 284 g/mol. The molecule has 7 nitrogen and oxygen atoms in total. The fraction of sp³-hybridized carbons (Fsp3) is 0.0667. The van der Waals surface area contributed by atoms with Gasteiger partial charge >= 0.3 is 6.09 Å². The number of carboxylic acid groups (broad SMARTS) is 1. The lowest BCUT2D eigenvalue weighted by Crippen LogP contribution is -2.22. The molecule has 0 atom stereocenters. The maximum Gasteiger partial charge on any atom is 0.409 e. The van der Waals surface area contributed by atoms with Crippen LogP contribution in [0.15, 0.2) is 47.5 Å². The summed E-state index contributed by atoms with van der Waals surface area (Å²) in [5, 5.41) is 11.3. The predicted octanol–water partition coefficient (Wildman–Crippen LogP) is 2.09. The summed E-state index contributed by atoms with van der Waals surface area (Å²) >= 11 is 0. The molecule has 0 fully saturated rings. The van der Waals surface area contributed by atoms with Crippen molar-refractivity contribution >= 4 is 22.7 Å². The van der Waals surface area contributed by atoms with Gasteiger partial charge in [0.25, 0.3) is 5.56 Å². The fourth-order valence-corrected chi connectivity index (χ4v) is 2.28. The van der Waals surface area contributed by atoms with Gasteiger partial charge in [-0.15, -0.1) is 0 Å². The van der Waals surface area contributed by atoms with E-state index in [1.165, 1.54) is 10.6 Å². The molecule has 0 saturated heterocycles. The van der Waals surface area contributed by atoms with Gasteiger partial charge in [-0.1, -0.05) is 6.07 Å². The third-order valence-electron chi connectivity index (χ3n) is 3.27. The average molecular weight is 296 g/mol. The molecule has 3 aromatic rings. The van der Waals surface area contributed by atoms with E-state index in [-0.39, 0.29) is 16.6 Å². The summed E-state index contributed by atoms with van der Waals surface area (Å²) in [5.41, 5.74) is 1.03. The Morgan fingerprint density at radius 1 is 1.27 bits per heavy atom. The molecule has 0 radical (unpaired) electrons. The first-order valence-corrected chi connectivity index (χ1v) is 6.48. The largest absolute Gasteiger partial charge is 0.465 e. The van der Waals surface area contributed by atoms with Gasteiger partial charge in [0.2, 0.25) is 0 Å². The highest BCUT2D eigenvalue weighted by Gasteiger charge is 2.14. The van der Waals surface area contributed by atoms with Gasteiger partial charge in [-0.2, -0.15) is 0 Å². The standard InChI is InChI=1S/C15H12N4O3/c1-19-13(9-4-3-7-16-8-9)17-10-5-2-6-11(18-15(21)22)12(10)14(19)20/h2-8,18H,1H3,(H,21,22). The zero-order valence-corrected chi connectivity index (χ0v) is 11.6. The van der Waals surface area contributed by atoms with Crippen molar-refractivity contribution in [3.63, 3.8) is 0 Å². The van der Waals surface area contributed by atoms with E-state index >= 15 is 0 Å². The summed E-state index contributed by atoms with van der Waals surface area (Å²) in [6, 6.07) is 8.41. The number of anilines is 1. The van der Waals surface area contributed by atoms with E-state index in [9.17, 15) is 9.59 Å². The summed E-state index contributed by atoms with van der Waals surface area (Å²) in [5.74, 6) is 0.470. The number of fused-ring (bicyclic) bond motifs is 1. The minimum Gasteiger partial charge on any atom is -0.465 e. The normalized spacial score (nSPS) is 10.6. The maximum absolute atomic E-state index is 12.6. The first-order valence-electron chi connectivity index (χ1n) is 6.48. The third-order valence-corrected chi connectivity index (χ3v) is 3.27. The SMILES string of the molecule is Cn1c(-c2cccnc2)nc2cccc(NC(=O)O)c2c1=O. The van der Waals surface area contributed by atoms with Crippen molar-refractivity contribution in [2.45, 2.75) is 0 Å². The van der Waals surface area contributed by atoms with Crippen LogP contribution in [0.5, 0.6) is 0 Å². The van der Waals surface area contributed by atoms with Crippen LogP contribution in [0.2, 0.25) is 0 Å². The van der Waals surface area contributed by atoms with Gasteiger partial charge in [0, 0.05) is 25.0 Å². The Kier molecular flexibility index (Phi) is 3.30. The van der Waals surface area contributed by atoms with Crippen molar-refractivity contribution in [3.05, 3.63) is 53.1 Å². The van der Waals surface area contributed by atoms with Crippen molar-refractivity contribution in [2.24, 2.45) is 7.05 Å². The number of pyridine rings is 1. The first kappa shape index (κ1) is 13.7. The van der Waals surface area contributed by atoms with E-state index in [0.717, 1.165) is 0 Å². The number of benzene rings is 1. The molecule has 0 aliphatic carbocycles. The number of nitrogens with zero attached hydrogens (tertiary/aromatic N) is 3. The zero-order chi connectivity index (χ0) is 15.7. The quantitative estimate of drug-likeness (QED) is 0.754. The summed E-state index contributed by atoms with van der Waals surface area (Å²) in [4.78, 5) is 31.9. The Bertz CT molecular complexity index is 919. The third kappa shape index (κ3) is 2.28. The summed E-state index contributed by atoms with van der Waals surface area (Å²) in [6.45, 7) is 0. The minimum absolute atomic E-state index is 0.218. The number of hydrogen-bond donors (Lipinski definition) is 2. The van der Waals surface area contributed by atoms with Crippen LogP contribution in [0.1, 0.15) is 0 Å². The summed E-state index contributed by atoms with van der Waals surface area (Å²) in [6.07, 6.45) is 2.02. The lowest BCUT2D eigenvalue weighted by molar-refractivity contribution is 0.210. The van der Waals surface area contributed by atoms with Crippen LogP contribution in [0.4, 0.5) is 10.5 Å². The van der Waals surface area contributed by atoms with Crippen LogP contribution in [0.3, 0.4) is 0 Å². The topological polar surface area (TPSA) is 97.1 Å². The summed E-state index contributed by atoms with van der Waals surface area (Å²) < 4.78 is 1.38. The lowest BCUT2D eigenvalue weighted by Gasteiger charge is -2.11. The fourth-order valence-electron chi connectivity index (χ4n) is 2.28. The molecule has 3 rings (SSSR count). The molecule has 2 N–H and O–H groups in total. The first-order chi connectivity index (χ1) is 10.6. The monoisotopic (exact) mass is 296 g/mol. The lowest BCUT2D eigenvalue weighted by atomic mass is 10.2. The molecule has 1 aromatic carbocycles. The molecular formula is C15H12N4O3. The molecule has 2 heterocycles. The second-order valence-electron chi connectivity index (χ2n) is 4.67. The highest BCUT2D eigenvalue weighted by atomic mass is 16.4. The number of aromatic nitrogens is 3.